The number of nitrogens with zero attached hydrogens (tertiary/aromatic N) is 1. The molecule has 2 heterocycles. The Kier molecular flexibility index (Phi) is 6.97. The summed E-state index contributed by atoms with van der Waals surface area (Å²) < 4.78 is 30.7. The van der Waals surface area contributed by atoms with E-state index >= 15 is 0 Å². The van der Waals surface area contributed by atoms with Gasteiger partial charge in [0.05, 0.1) is 10.2 Å². The largest absolute Gasteiger partial charge is 0.487 e. The number of imide groups is 2. The lowest BCUT2D eigenvalue weighted by molar-refractivity contribution is -0.122. The summed E-state index contributed by atoms with van der Waals surface area (Å²) in [5.74, 6) is -0.563. The second kappa shape index (κ2) is 10.5. The van der Waals surface area contributed by atoms with E-state index in [0.717, 1.165) is 10.5 Å². The maximum atomic E-state index is 13.5. The molecule has 3 aromatic carbocycles. The predicted octanol–water partition coefficient (Wildman–Crippen LogP) is 5.29. The summed E-state index contributed by atoms with van der Waals surface area (Å²) in [4.78, 5) is 39.4. The number of benzene rings is 3. The number of fused-ring (bicyclic) bond motifs is 1. The summed E-state index contributed by atoms with van der Waals surface area (Å²) in [6.45, 7) is 3.95. The van der Waals surface area contributed by atoms with Gasteiger partial charge in [-0.2, -0.15) is 0 Å². The van der Waals surface area contributed by atoms with Crippen LogP contribution in [0, 0.1) is 5.82 Å². The lowest BCUT2D eigenvalue weighted by Crippen LogP contribution is -2.54. The highest BCUT2D eigenvalue weighted by atomic mass is 79.9. The molecule has 1 saturated heterocycles. The molecule has 2 aliphatic heterocycles. The molecule has 4 amide bonds. The number of anilines is 1. The van der Waals surface area contributed by atoms with E-state index in [9.17, 15) is 18.8 Å². The zero-order valence-electron chi connectivity index (χ0n) is 19.8. The van der Waals surface area contributed by atoms with Crippen LogP contribution >= 0.6 is 15.9 Å². The second-order valence-electron chi connectivity index (χ2n) is 8.40. The first-order valence-electron chi connectivity index (χ1n) is 11.5. The lowest BCUT2D eigenvalue weighted by atomic mass is 10.0. The molecule has 10 heteroatoms. The molecular weight excluding hydrogens is 559 g/mol. The van der Waals surface area contributed by atoms with Gasteiger partial charge >= 0.3 is 6.03 Å². The predicted molar refractivity (Wildman–Crippen MR) is 140 cm³/mol. The highest BCUT2D eigenvalue weighted by Crippen LogP contribution is 2.37. The van der Waals surface area contributed by atoms with Gasteiger partial charge < -0.3 is 14.2 Å². The maximum Gasteiger partial charge on any atom is 0.335 e. The number of halogens is 2. The van der Waals surface area contributed by atoms with E-state index in [1.165, 1.54) is 30.3 Å². The van der Waals surface area contributed by atoms with E-state index in [0.29, 0.717) is 39.3 Å². The van der Waals surface area contributed by atoms with Gasteiger partial charge in [-0.15, -0.1) is 6.58 Å². The van der Waals surface area contributed by atoms with E-state index in [4.69, 9.17) is 14.2 Å². The molecule has 0 saturated carbocycles. The van der Waals surface area contributed by atoms with Crippen LogP contribution in [-0.2, 0) is 22.6 Å². The van der Waals surface area contributed by atoms with Gasteiger partial charge in [0.2, 0.25) is 6.79 Å². The number of rotatable bonds is 7. The van der Waals surface area contributed by atoms with E-state index in [1.54, 1.807) is 36.4 Å². The van der Waals surface area contributed by atoms with E-state index in [-0.39, 0.29) is 30.5 Å². The Labute approximate surface area is 225 Å². The van der Waals surface area contributed by atoms with E-state index in [1.807, 2.05) is 0 Å². The van der Waals surface area contributed by atoms with Crippen molar-refractivity contribution in [2.24, 2.45) is 0 Å². The molecule has 1 fully saturated rings. The zero-order chi connectivity index (χ0) is 26.8. The molecule has 0 aromatic heterocycles. The third-order valence-electron chi connectivity index (χ3n) is 5.81. The zero-order valence-corrected chi connectivity index (χ0v) is 21.4. The third kappa shape index (κ3) is 5.03. The van der Waals surface area contributed by atoms with Crippen molar-refractivity contribution in [2.45, 2.75) is 13.0 Å². The number of hydrogen-bond acceptors (Lipinski definition) is 6. The minimum absolute atomic E-state index is 0.0342. The number of carbonyl (C=O) groups is 3. The van der Waals surface area contributed by atoms with E-state index < -0.39 is 17.8 Å². The lowest BCUT2D eigenvalue weighted by Gasteiger charge is -2.26. The third-order valence-corrected chi connectivity index (χ3v) is 6.40. The number of nitrogens with one attached hydrogen (secondary N) is 1. The summed E-state index contributed by atoms with van der Waals surface area (Å²) in [6, 6.07) is 13.3. The summed E-state index contributed by atoms with van der Waals surface area (Å²) >= 11 is 3.50. The average molecular weight is 579 g/mol. The van der Waals surface area contributed by atoms with Crippen molar-refractivity contribution >= 4 is 45.5 Å². The normalized spacial score (nSPS) is 15.6. The Morgan fingerprint density at radius 1 is 1.08 bits per heavy atom. The van der Waals surface area contributed by atoms with E-state index in [2.05, 4.69) is 27.8 Å². The molecule has 0 spiro atoms. The van der Waals surface area contributed by atoms with Crippen LogP contribution in [0.4, 0.5) is 14.9 Å². The number of ether oxygens (including phenoxy) is 3. The molecule has 192 valence electrons. The Morgan fingerprint density at radius 3 is 2.68 bits per heavy atom. The molecular formula is C28H20BrFN2O6. The van der Waals surface area contributed by atoms with Crippen LogP contribution in [0.25, 0.3) is 6.08 Å². The number of barbiturate groups is 1. The minimum atomic E-state index is -0.870. The SMILES string of the molecule is C=CCc1cc(/C=C2\C(=O)NC(=O)N(c3ccc4c(c3)OCO4)C2=O)cc(Br)c1OCc1cccc(F)c1. The molecule has 5 rings (SSSR count). The van der Waals surface area contributed by atoms with Crippen LogP contribution in [0.5, 0.6) is 17.2 Å². The highest BCUT2D eigenvalue weighted by Gasteiger charge is 2.37. The van der Waals surface area contributed by atoms with Crippen molar-refractivity contribution in [1.29, 1.82) is 0 Å². The molecule has 3 aromatic rings. The second-order valence-corrected chi connectivity index (χ2v) is 9.25. The van der Waals surface area contributed by atoms with Gasteiger partial charge in [0.15, 0.2) is 11.5 Å². The van der Waals surface area contributed by atoms with Gasteiger partial charge in [0, 0.05) is 6.07 Å². The fourth-order valence-corrected chi connectivity index (χ4v) is 4.72. The topological polar surface area (TPSA) is 94.2 Å². The number of urea groups is 1. The molecule has 0 aliphatic carbocycles. The summed E-state index contributed by atoms with van der Waals surface area (Å²) in [5, 5.41) is 2.21. The van der Waals surface area contributed by atoms with Crippen molar-refractivity contribution in [3.63, 3.8) is 0 Å². The molecule has 38 heavy (non-hydrogen) atoms. The van der Waals surface area contributed by atoms with Crippen LogP contribution in [-0.4, -0.2) is 24.6 Å². The van der Waals surface area contributed by atoms with Crippen molar-refractivity contribution in [1.82, 2.24) is 5.32 Å². The smallest absolute Gasteiger partial charge is 0.335 e. The Hall–Kier alpha value is -4.44. The number of amides is 4. The van der Waals surface area contributed by atoms with Crippen LogP contribution < -0.4 is 24.4 Å². The van der Waals surface area contributed by atoms with Crippen LogP contribution in [0.15, 0.2) is 77.3 Å². The van der Waals surface area contributed by atoms with Crippen molar-refractivity contribution in [2.75, 3.05) is 11.7 Å². The fraction of sp³-hybridized carbons (Fsp3) is 0.107. The summed E-state index contributed by atoms with van der Waals surface area (Å²) in [7, 11) is 0. The first-order valence-corrected chi connectivity index (χ1v) is 12.2. The first kappa shape index (κ1) is 25.2. The highest BCUT2D eigenvalue weighted by molar-refractivity contribution is 9.10. The molecule has 0 atom stereocenters. The number of allylic oxidation sites excluding steroid dienone is 1. The quantitative estimate of drug-likeness (QED) is 0.232. The molecule has 2 aliphatic rings. The van der Waals surface area contributed by atoms with Gasteiger partial charge in [-0.1, -0.05) is 18.2 Å². The molecule has 1 N–H and O–H groups in total. The molecule has 8 nitrogen and oxygen atoms in total. The van der Waals surface area contributed by atoms with Crippen LogP contribution in [0.1, 0.15) is 16.7 Å². The van der Waals surface area contributed by atoms with Gasteiger partial charge in [0.1, 0.15) is 23.7 Å². The Balaban J connectivity index is 1.45. The standard InChI is InChI=1S/C28H20BrFN2O6/c1-2-4-18-9-17(12-22(29)25(18)36-14-16-5-3-6-19(30)10-16)11-21-26(33)31-28(35)32(27(21)34)20-7-8-23-24(13-20)38-15-37-23/h2-3,5-13H,1,4,14-15H2,(H,31,33,35)/b21-11+. The maximum absolute atomic E-state index is 13.5. The minimum Gasteiger partial charge on any atom is -0.487 e. The van der Waals surface area contributed by atoms with Gasteiger partial charge in [-0.3, -0.25) is 14.9 Å². The summed E-state index contributed by atoms with van der Waals surface area (Å²) in [5.41, 5.74) is 1.90. The Bertz CT molecular complexity index is 1520. The number of carbonyl (C=O) groups excluding carboxylic acids is 3. The molecule has 0 unspecified atom stereocenters. The summed E-state index contributed by atoms with van der Waals surface area (Å²) in [6.07, 6.45) is 3.51. The molecule has 0 radical (unpaired) electrons. The Morgan fingerprint density at radius 2 is 1.89 bits per heavy atom. The van der Waals surface area contributed by atoms with Crippen molar-refractivity contribution in [3.05, 3.63) is 99.8 Å². The fourth-order valence-electron chi connectivity index (χ4n) is 4.09. The van der Waals surface area contributed by atoms with Crippen molar-refractivity contribution in [3.8, 4) is 17.2 Å². The number of hydrogen-bond donors (Lipinski definition) is 1. The van der Waals surface area contributed by atoms with Crippen molar-refractivity contribution < 1.29 is 33.0 Å². The molecule has 0 bridgehead atoms. The average Bonchev–Trinajstić information content (AvgIpc) is 3.34. The van der Waals surface area contributed by atoms with Gasteiger partial charge in [0.25, 0.3) is 11.8 Å². The van der Waals surface area contributed by atoms with Gasteiger partial charge in [-0.25, -0.2) is 14.1 Å². The monoisotopic (exact) mass is 578 g/mol. The first-order chi connectivity index (χ1) is 18.3. The van der Waals surface area contributed by atoms with Gasteiger partial charge in [-0.05, 0) is 81.5 Å². The van der Waals surface area contributed by atoms with Crippen LogP contribution in [0.2, 0.25) is 0 Å². The van der Waals surface area contributed by atoms with Crippen LogP contribution in [0.3, 0.4) is 0 Å².